The molecule has 0 bridgehead atoms. The average molecular weight is 275 g/mol. The number of hydrogen-bond donors (Lipinski definition) is 1. The van der Waals surface area contributed by atoms with Gasteiger partial charge in [-0.2, -0.15) is 0 Å². The van der Waals surface area contributed by atoms with Gasteiger partial charge in [0.2, 0.25) is 0 Å². The van der Waals surface area contributed by atoms with E-state index in [-0.39, 0.29) is 23.8 Å². The van der Waals surface area contributed by atoms with Crippen molar-refractivity contribution in [2.24, 2.45) is 0 Å². The molecular formula is C14H13NO5. The van der Waals surface area contributed by atoms with Crippen LogP contribution in [0.15, 0.2) is 24.3 Å². The Labute approximate surface area is 115 Å². The Morgan fingerprint density at radius 3 is 2.70 bits per heavy atom. The van der Waals surface area contributed by atoms with Gasteiger partial charge in [-0.25, -0.2) is 9.78 Å². The van der Waals surface area contributed by atoms with Gasteiger partial charge in [0, 0.05) is 18.4 Å². The van der Waals surface area contributed by atoms with Crippen LogP contribution in [-0.4, -0.2) is 28.6 Å². The van der Waals surface area contributed by atoms with Crippen molar-refractivity contribution in [2.45, 2.75) is 13.8 Å². The fourth-order valence-corrected chi connectivity index (χ4v) is 1.73. The third-order valence-electron chi connectivity index (χ3n) is 2.49. The molecule has 1 aromatic heterocycles. The summed E-state index contributed by atoms with van der Waals surface area (Å²) in [5.41, 5.74) is 0.464. The van der Waals surface area contributed by atoms with Crippen molar-refractivity contribution in [3.8, 4) is 11.5 Å². The first kappa shape index (κ1) is 13.8. The number of hydrogen-bond acceptors (Lipinski definition) is 6. The summed E-state index contributed by atoms with van der Waals surface area (Å²) < 4.78 is 9.92. The Morgan fingerprint density at radius 2 is 2.05 bits per heavy atom. The third kappa shape index (κ3) is 2.85. The van der Waals surface area contributed by atoms with E-state index >= 15 is 0 Å². The molecule has 2 rings (SSSR count). The van der Waals surface area contributed by atoms with Crippen molar-refractivity contribution in [2.75, 3.05) is 6.61 Å². The Bertz CT molecular complexity index is 681. The molecule has 0 aliphatic heterocycles. The zero-order valence-corrected chi connectivity index (χ0v) is 11.0. The standard InChI is InChI=1S/C14H13NO5/c1-3-19-14(18)12-7-13(20-8(2)16)10-6-9(17)4-5-11(10)15-12/h4-7,17H,3H2,1-2H3. The zero-order valence-electron chi connectivity index (χ0n) is 11.0. The molecular weight excluding hydrogens is 262 g/mol. The quantitative estimate of drug-likeness (QED) is 0.863. The summed E-state index contributed by atoms with van der Waals surface area (Å²) in [7, 11) is 0. The number of carbonyl (C=O) groups is 2. The Balaban J connectivity index is 2.60. The van der Waals surface area contributed by atoms with Crippen molar-refractivity contribution >= 4 is 22.8 Å². The van der Waals surface area contributed by atoms with Gasteiger partial charge in [0.05, 0.1) is 12.1 Å². The molecule has 1 N–H and O–H groups in total. The highest BCUT2D eigenvalue weighted by Gasteiger charge is 2.15. The first-order chi connectivity index (χ1) is 9.51. The lowest BCUT2D eigenvalue weighted by Gasteiger charge is -2.09. The van der Waals surface area contributed by atoms with E-state index in [1.807, 2.05) is 0 Å². The summed E-state index contributed by atoms with van der Waals surface area (Å²) in [6, 6.07) is 5.69. The molecule has 104 valence electrons. The van der Waals surface area contributed by atoms with E-state index in [2.05, 4.69) is 4.98 Å². The van der Waals surface area contributed by atoms with E-state index in [1.54, 1.807) is 6.92 Å². The van der Waals surface area contributed by atoms with E-state index in [4.69, 9.17) is 9.47 Å². The molecule has 0 aliphatic rings. The van der Waals surface area contributed by atoms with Gasteiger partial charge >= 0.3 is 11.9 Å². The Morgan fingerprint density at radius 1 is 1.30 bits per heavy atom. The van der Waals surface area contributed by atoms with Crippen LogP contribution in [0.4, 0.5) is 0 Å². The van der Waals surface area contributed by atoms with Gasteiger partial charge in [0.25, 0.3) is 0 Å². The molecule has 0 saturated carbocycles. The summed E-state index contributed by atoms with van der Waals surface area (Å²) in [6.45, 7) is 3.15. The lowest BCUT2D eigenvalue weighted by atomic mass is 10.1. The van der Waals surface area contributed by atoms with Crippen molar-refractivity contribution in [3.05, 3.63) is 30.0 Å². The number of phenolic OH excluding ortho intramolecular Hbond substituents is 1. The van der Waals surface area contributed by atoms with Crippen LogP contribution in [0.1, 0.15) is 24.3 Å². The molecule has 0 atom stereocenters. The average Bonchev–Trinajstić information content (AvgIpc) is 2.38. The maximum Gasteiger partial charge on any atom is 0.357 e. The summed E-state index contributed by atoms with van der Waals surface area (Å²) in [6.07, 6.45) is 0. The van der Waals surface area contributed by atoms with Crippen molar-refractivity contribution in [3.63, 3.8) is 0 Å². The van der Waals surface area contributed by atoms with Gasteiger partial charge in [0.1, 0.15) is 11.5 Å². The highest BCUT2D eigenvalue weighted by atomic mass is 16.5. The number of pyridine rings is 1. The lowest BCUT2D eigenvalue weighted by Crippen LogP contribution is -2.09. The van der Waals surface area contributed by atoms with Gasteiger partial charge in [-0.15, -0.1) is 0 Å². The van der Waals surface area contributed by atoms with E-state index in [1.165, 1.54) is 31.2 Å². The zero-order chi connectivity index (χ0) is 14.7. The van der Waals surface area contributed by atoms with E-state index in [0.717, 1.165) is 0 Å². The molecule has 0 aliphatic carbocycles. The largest absolute Gasteiger partial charge is 0.508 e. The van der Waals surface area contributed by atoms with Crippen LogP contribution >= 0.6 is 0 Å². The Hall–Kier alpha value is -2.63. The van der Waals surface area contributed by atoms with E-state index in [0.29, 0.717) is 10.9 Å². The number of ether oxygens (including phenoxy) is 2. The molecule has 6 nitrogen and oxygen atoms in total. The molecule has 20 heavy (non-hydrogen) atoms. The van der Waals surface area contributed by atoms with Crippen LogP contribution in [0.25, 0.3) is 10.9 Å². The molecule has 2 aromatic rings. The smallest absolute Gasteiger partial charge is 0.357 e. The first-order valence-corrected chi connectivity index (χ1v) is 6.00. The minimum Gasteiger partial charge on any atom is -0.508 e. The van der Waals surface area contributed by atoms with Gasteiger partial charge in [-0.3, -0.25) is 4.79 Å². The predicted molar refractivity (Wildman–Crippen MR) is 70.7 cm³/mol. The van der Waals surface area contributed by atoms with Gasteiger partial charge < -0.3 is 14.6 Å². The number of phenols is 1. The maximum absolute atomic E-state index is 11.7. The van der Waals surface area contributed by atoms with Gasteiger partial charge in [-0.05, 0) is 25.1 Å². The molecule has 6 heteroatoms. The summed E-state index contributed by atoms with van der Waals surface area (Å²) in [5.74, 6) is -0.968. The monoisotopic (exact) mass is 275 g/mol. The first-order valence-electron chi connectivity index (χ1n) is 6.00. The summed E-state index contributed by atoms with van der Waals surface area (Å²) >= 11 is 0. The van der Waals surface area contributed by atoms with Gasteiger partial charge in [-0.1, -0.05) is 0 Å². The lowest BCUT2D eigenvalue weighted by molar-refractivity contribution is -0.131. The summed E-state index contributed by atoms with van der Waals surface area (Å²) in [4.78, 5) is 27.0. The van der Waals surface area contributed by atoms with Crippen LogP contribution in [0.2, 0.25) is 0 Å². The second-order valence-corrected chi connectivity index (χ2v) is 4.02. The molecule has 0 saturated heterocycles. The van der Waals surface area contributed by atoms with Crippen molar-refractivity contribution < 1.29 is 24.2 Å². The summed E-state index contributed by atoms with van der Waals surface area (Å²) in [5, 5.41) is 9.93. The third-order valence-corrected chi connectivity index (χ3v) is 2.49. The fourth-order valence-electron chi connectivity index (χ4n) is 1.73. The molecule has 0 spiro atoms. The molecule has 0 radical (unpaired) electrons. The normalized spacial score (nSPS) is 10.3. The van der Waals surface area contributed by atoms with E-state index in [9.17, 15) is 14.7 Å². The Kier molecular flexibility index (Phi) is 3.84. The number of nitrogens with zero attached hydrogens (tertiary/aromatic N) is 1. The number of aromatic nitrogens is 1. The van der Waals surface area contributed by atoms with Crippen LogP contribution < -0.4 is 4.74 Å². The maximum atomic E-state index is 11.7. The van der Waals surface area contributed by atoms with Crippen LogP contribution in [-0.2, 0) is 9.53 Å². The van der Waals surface area contributed by atoms with Crippen LogP contribution in [0.3, 0.4) is 0 Å². The highest BCUT2D eigenvalue weighted by Crippen LogP contribution is 2.29. The number of benzene rings is 1. The second kappa shape index (κ2) is 5.56. The minimum atomic E-state index is -0.601. The second-order valence-electron chi connectivity index (χ2n) is 4.02. The fraction of sp³-hybridized carbons (Fsp3) is 0.214. The van der Waals surface area contributed by atoms with Crippen molar-refractivity contribution in [1.82, 2.24) is 4.98 Å². The van der Waals surface area contributed by atoms with Crippen LogP contribution in [0, 0.1) is 0 Å². The molecule has 0 unspecified atom stereocenters. The number of aromatic hydroxyl groups is 1. The molecule has 1 heterocycles. The molecule has 0 amide bonds. The minimum absolute atomic E-state index is 0.0107. The van der Waals surface area contributed by atoms with Crippen LogP contribution in [0.5, 0.6) is 11.5 Å². The molecule has 0 fully saturated rings. The number of esters is 2. The van der Waals surface area contributed by atoms with Crippen molar-refractivity contribution in [1.29, 1.82) is 0 Å². The van der Waals surface area contributed by atoms with Gasteiger partial charge in [0.15, 0.2) is 5.69 Å². The SMILES string of the molecule is CCOC(=O)c1cc(OC(C)=O)c2cc(O)ccc2n1. The highest BCUT2D eigenvalue weighted by molar-refractivity contribution is 5.95. The molecule has 1 aromatic carbocycles. The van der Waals surface area contributed by atoms with E-state index < -0.39 is 11.9 Å². The number of rotatable bonds is 3. The number of carbonyl (C=O) groups excluding carboxylic acids is 2. The predicted octanol–water partition coefficient (Wildman–Crippen LogP) is 2.04. The number of fused-ring (bicyclic) bond motifs is 1. The topological polar surface area (TPSA) is 85.7 Å².